The van der Waals surface area contributed by atoms with Crippen LogP contribution < -0.4 is 10.1 Å². The van der Waals surface area contributed by atoms with Gasteiger partial charge in [-0.15, -0.1) is 13.2 Å². The Morgan fingerprint density at radius 3 is 2.24 bits per heavy atom. The lowest BCUT2D eigenvalue weighted by Gasteiger charge is -2.41. The van der Waals surface area contributed by atoms with Gasteiger partial charge < -0.3 is 20.1 Å². The molecule has 2 aromatic carbocycles. The van der Waals surface area contributed by atoms with E-state index in [9.17, 15) is 41.2 Å². The van der Waals surface area contributed by atoms with Gasteiger partial charge in [0, 0.05) is 18.7 Å². The first-order chi connectivity index (χ1) is 15.8. The number of hydrogen-bond acceptors (Lipinski definition) is 5. The van der Waals surface area contributed by atoms with E-state index < -0.39 is 48.1 Å². The van der Waals surface area contributed by atoms with Crippen molar-refractivity contribution in [2.24, 2.45) is 0 Å². The Bertz CT molecular complexity index is 1130. The summed E-state index contributed by atoms with van der Waals surface area (Å²) in [5.74, 6) is -1.37. The van der Waals surface area contributed by atoms with Crippen molar-refractivity contribution in [1.29, 1.82) is 0 Å². The number of ether oxygens (including phenoxy) is 1. The van der Waals surface area contributed by atoms with E-state index in [-0.39, 0.29) is 36.1 Å². The molecule has 2 aliphatic heterocycles. The SMILES string of the molecule is O=C1Nc2c(C(F)(F)F)cccc2C1(c1ccc(OC(F)(F)F)cc1)N1CC=C(B(O)O)CC1. The number of amides is 1. The average Bonchev–Trinajstić information content (AvgIpc) is 3.05. The van der Waals surface area contributed by atoms with Crippen molar-refractivity contribution in [3.8, 4) is 5.75 Å². The van der Waals surface area contributed by atoms with Crippen LogP contribution in [0.3, 0.4) is 0 Å². The van der Waals surface area contributed by atoms with Crippen molar-refractivity contribution in [3.63, 3.8) is 0 Å². The van der Waals surface area contributed by atoms with E-state index in [2.05, 4.69) is 10.1 Å². The second-order valence-electron chi connectivity index (χ2n) is 7.81. The van der Waals surface area contributed by atoms with Crippen molar-refractivity contribution >= 4 is 18.7 Å². The summed E-state index contributed by atoms with van der Waals surface area (Å²) in [6.07, 6.45) is -8.15. The summed E-state index contributed by atoms with van der Waals surface area (Å²) in [4.78, 5) is 15.0. The number of hydrogen-bond donors (Lipinski definition) is 3. The number of benzene rings is 2. The smallest absolute Gasteiger partial charge is 0.423 e. The third-order valence-corrected chi connectivity index (χ3v) is 5.88. The van der Waals surface area contributed by atoms with Crippen LogP contribution >= 0.6 is 0 Å². The van der Waals surface area contributed by atoms with Gasteiger partial charge in [0.25, 0.3) is 5.91 Å². The van der Waals surface area contributed by atoms with Crippen molar-refractivity contribution in [2.45, 2.75) is 24.5 Å². The number of para-hydroxylation sites is 1. The quantitative estimate of drug-likeness (QED) is 0.456. The Labute approximate surface area is 189 Å². The van der Waals surface area contributed by atoms with Crippen molar-refractivity contribution < 1.29 is 45.9 Å². The number of alkyl halides is 6. The van der Waals surface area contributed by atoms with E-state index >= 15 is 0 Å². The molecule has 0 aromatic heterocycles. The van der Waals surface area contributed by atoms with Crippen LogP contribution in [-0.2, 0) is 16.5 Å². The zero-order valence-electron chi connectivity index (χ0n) is 17.2. The standard InChI is InChI=1S/C21H17BF6N2O4/c23-20(24,25)16-3-1-2-15-17(16)29-18(31)19(15,30-10-8-13(9-11-30)22(32)33)12-4-6-14(7-5-12)34-21(26,27)28/h1-8,32-33H,9-11H2,(H,29,31). The van der Waals surface area contributed by atoms with Gasteiger partial charge in [-0.1, -0.05) is 30.3 Å². The average molecular weight is 486 g/mol. The van der Waals surface area contributed by atoms with Crippen LogP contribution in [0.5, 0.6) is 5.75 Å². The third kappa shape index (κ3) is 4.14. The maximum atomic E-state index is 13.7. The summed E-state index contributed by atoms with van der Waals surface area (Å²) in [5.41, 5.74) is -2.92. The molecule has 1 amide bonds. The van der Waals surface area contributed by atoms with Gasteiger partial charge in [0.1, 0.15) is 5.75 Å². The van der Waals surface area contributed by atoms with Crippen molar-refractivity contribution in [2.75, 3.05) is 18.4 Å². The third-order valence-electron chi connectivity index (χ3n) is 5.88. The highest BCUT2D eigenvalue weighted by atomic mass is 19.4. The number of rotatable bonds is 4. The van der Waals surface area contributed by atoms with Gasteiger partial charge in [-0.25, -0.2) is 0 Å². The minimum absolute atomic E-state index is 0.0155. The summed E-state index contributed by atoms with van der Waals surface area (Å²) in [6, 6.07) is 7.67. The molecule has 6 nitrogen and oxygen atoms in total. The molecule has 3 N–H and O–H groups in total. The van der Waals surface area contributed by atoms with Crippen molar-refractivity contribution in [3.05, 3.63) is 70.7 Å². The van der Waals surface area contributed by atoms with Gasteiger partial charge >= 0.3 is 19.7 Å². The topological polar surface area (TPSA) is 82.0 Å². The molecule has 2 aliphatic rings. The number of halogens is 6. The van der Waals surface area contributed by atoms with Crippen molar-refractivity contribution in [1.82, 2.24) is 4.90 Å². The predicted molar refractivity (Wildman–Crippen MR) is 108 cm³/mol. The van der Waals surface area contributed by atoms with E-state index in [0.29, 0.717) is 0 Å². The van der Waals surface area contributed by atoms with E-state index in [1.165, 1.54) is 24.3 Å². The molecule has 0 radical (unpaired) electrons. The number of nitrogens with one attached hydrogen (secondary N) is 1. The fraction of sp³-hybridized carbons (Fsp3) is 0.286. The van der Waals surface area contributed by atoms with E-state index in [4.69, 9.17) is 0 Å². The molecule has 13 heteroatoms. The molecule has 2 heterocycles. The Hall–Kier alpha value is -3.03. The van der Waals surface area contributed by atoms with Gasteiger partial charge in [-0.05, 0) is 35.7 Å². The normalized spacial score (nSPS) is 21.1. The molecule has 180 valence electrons. The maximum Gasteiger partial charge on any atom is 0.573 e. The summed E-state index contributed by atoms with van der Waals surface area (Å²) < 4.78 is 82.6. The van der Waals surface area contributed by atoms with Crippen LogP contribution in [0.15, 0.2) is 54.0 Å². The van der Waals surface area contributed by atoms with Crippen LogP contribution in [0, 0.1) is 0 Å². The zero-order chi connectivity index (χ0) is 24.9. The van der Waals surface area contributed by atoms with E-state index in [1.807, 2.05) is 0 Å². The molecule has 0 bridgehead atoms. The minimum atomic E-state index is -4.95. The lowest BCUT2D eigenvalue weighted by Crippen LogP contribution is -2.53. The fourth-order valence-corrected chi connectivity index (χ4v) is 4.46. The first-order valence-corrected chi connectivity index (χ1v) is 10.0. The summed E-state index contributed by atoms with van der Waals surface area (Å²) in [6.45, 7) is 0.0320. The summed E-state index contributed by atoms with van der Waals surface area (Å²) in [7, 11) is -1.72. The zero-order valence-corrected chi connectivity index (χ0v) is 17.2. The van der Waals surface area contributed by atoms with Crippen LogP contribution in [0.2, 0.25) is 0 Å². The Morgan fingerprint density at radius 2 is 1.71 bits per heavy atom. The molecule has 0 saturated carbocycles. The molecule has 4 rings (SSSR count). The fourth-order valence-electron chi connectivity index (χ4n) is 4.46. The molecule has 0 spiro atoms. The number of anilines is 1. The number of fused-ring (bicyclic) bond motifs is 1. The van der Waals surface area contributed by atoms with Gasteiger partial charge in [0.15, 0.2) is 5.54 Å². The molecule has 34 heavy (non-hydrogen) atoms. The minimum Gasteiger partial charge on any atom is -0.423 e. The highest BCUT2D eigenvalue weighted by Crippen LogP contribution is 2.50. The van der Waals surface area contributed by atoms with Crippen LogP contribution in [0.25, 0.3) is 0 Å². The van der Waals surface area contributed by atoms with Crippen LogP contribution in [0.1, 0.15) is 23.1 Å². The molecule has 1 atom stereocenters. The number of nitrogens with zero attached hydrogens (tertiary/aromatic N) is 1. The summed E-state index contributed by atoms with van der Waals surface area (Å²) >= 11 is 0. The lowest BCUT2D eigenvalue weighted by atomic mass is 9.74. The molecular weight excluding hydrogens is 469 g/mol. The monoisotopic (exact) mass is 486 g/mol. The molecule has 0 fully saturated rings. The molecule has 2 aromatic rings. The number of carbonyl (C=O) groups excluding carboxylic acids is 1. The van der Waals surface area contributed by atoms with Gasteiger partial charge in [-0.3, -0.25) is 9.69 Å². The number of carbonyl (C=O) groups is 1. The highest BCUT2D eigenvalue weighted by molar-refractivity contribution is 6.50. The molecule has 1 unspecified atom stereocenters. The Morgan fingerprint density at radius 1 is 1.03 bits per heavy atom. The molecular formula is C21H17BF6N2O4. The Balaban J connectivity index is 1.88. The highest BCUT2D eigenvalue weighted by Gasteiger charge is 2.55. The van der Waals surface area contributed by atoms with E-state index in [0.717, 1.165) is 24.3 Å². The lowest BCUT2D eigenvalue weighted by molar-refractivity contribution is -0.274. The molecule has 0 saturated heterocycles. The largest absolute Gasteiger partial charge is 0.573 e. The second kappa shape index (κ2) is 8.33. The summed E-state index contributed by atoms with van der Waals surface area (Å²) in [5, 5.41) is 21.2. The second-order valence-corrected chi connectivity index (χ2v) is 7.81. The van der Waals surface area contributed by atoms with E-state index in [1.54, 1.807) is 4.90 Å². The maximum absolute atomic E-state index is 13.7. The first kappa shape index (κ1) is 24.1. The van der Waals surface area contributed by atoms with Gasteiger partial charge in [0.2, 0.25) is 0 Å². The van der Waals surface area contributed by atoms with Crippen LogP contribution in [-0.4, -0.2) is 47.4 Å². The predicted octanol–water partition coefficient (Wildman–Crippen LogP) is 3.44. The molecule has 0 aliphatic carbocycles. The Kier molecular flexibility index (Phi) is 5.90. The van der Waals surface area contributed by atoms with Gasteiger partial charge in [0.05, 0.1) is 11.3 Å². The van der Waals surface area contributed by atoms with Crippen LogP contribution in [0.4, 0.5) is 32.0 Å². The van der Waals surface area contributed by atoms with Gasteiger partial charge in [-0.2, -0.15) is 13.2 Å². The first-order valence-electron chi connectivity index (χ1n) is 10.0.